The fraction of sp³-hybridized carbons (Fsp3) is 0.500. The monoisotopic (exact) mass is 428 g/mol. The number of piperidine rings is 1. The van der Waals surface area contributed by atoms with Gasteiger partial charge >= 0.3 is 0 Å². The number of aromatic nitrogens is 3. The third-order valence-corrected chi connectivity index (χ3v) is 5.83. The zero-order valence-corrected chi connectivity index (χ0v) is 15.3. The normalized spacial score (nSPS) is 19.2. The Morgan fingerprint density at radius 3 is 3.18 bits per heavy atom. The Labute approximate surface area is 146 Å². The van der Waals surface area contributed by atoms with Crippen LogP contribution in [0.5, 0.6) is 0 Å². The molecule has 0 aliphatic carbocycles. The fourth-order valence-corrected chi connectivity index (χ4v) is 4.24. The highest BCUT2D eigenvalue weighted by Gasteiger charge is 2.24. The minimum atomic E-state index is 0.452. The lowest BCUT2D eigenvalue weighted by Crippen LogP contribution is -2.46. The Balaban J connectivity index is 1.87. The van der Waals surface area contributed by atoms with Crippen LogP contribution in [0.3, 0.4) is 0 Å². The van der Waals surface area contributed by atoms with E-state index in [1.807, 2.05) is 17.2 Å². The Kier molecular flexibility index (Phi) is 5.05. The molecule has 22 heavy (non-hydrogen) atoms. The molecule has 0 radical (unpaired) electrons. The summed E-state index contributed by atoms with van der Waals surface area (Å²) in [4.78, 5) is 8.87. The van der Waals surface area contributed by atoms with Crippen molar-refractivity contribution < 1.29 is 0 Å². The van der Waals surface area contributed by atoms with Crippen LogP contribution >= 0.6 is 30.3 Å². The van der Waals surface area contributed by atoms with E-state index < -0.39 is 0 Å². The van der Waals surface area contributed by atoms with Gasteiger partial charge in [0.15, 0.2) is 11.5 Å². The third-order valence-electron chi connectivity index (χ3n) is 4.11. The lowest BCUT2D eigenvalue weighted by atomic mass is 9.96. The predicted octanol–water partition coefficient (Wildman–Crippen LogP) is 3.25. The average Bonchev–Trinajstić information content (AvgIpc) is 2.98. The predicted molar refractivity (Wildman–Crippen MR) is 97.5 cm³/mol. The first-order valence-corrected chi connectivity index (χ1v) is 10.5. The SMILES string of the molecule is CN(c1ncnc2c1ccn2SI)N1CCCC(CC#N)C1. The van der Waals surface area contributed by atoms with Gasteiger partial charge in [-0.25, -0.2) is 15.0 Å². The summed E-state index contributed by atoms with van der Waals surface area (Å²) in [7, 11) is 3.64. The van der Waals surface area contributed by atoms with Gasteiger partial charge in [0.05, 0.1) is 11.5 Å². The molecular weight excluding hydrogens is 411 g/mol. The molecular formula is C14H17IN6S. The number of nitrogens with zero attached hydrogens (tertiary/aromatic N) is 6. The summed E-state index contributed by atoms with van der Waals surface area (Å²) in [6.07, 6.45) is 6.52. The number of anilines is 1. The minimum absolute atomic E-state index is 0.452. The van der Waals surface area contributed by atoms with Gasteiger partial charge in [0.2, 0.25) is 0 Å². The number of rotatable bonds is 4. The maximum absolute atomic E-state index is 8.92. The molecule has 2 aromatic heterocycles. The van der Waals surface area contributed by atoms with Gasteiger partial charge in [-0.3, -0.25) is 8.98 Å². The Morgan fingerprint density at radius 1 is 1.55 bits per heavy atom. The van der Waals surface area contributed by atoms with E-state index in [1.165, 1.54) is 0 Å². The van der Waals surface area contributed by atoms with E-state index in [0.29, 0.717) is 12.3 Å². The molecule has 0 N–H and O–H groups in total. The van der Waals surface area contributed by atoms with Crippen LogP contribution in [-0.4, -0.2) is 39.1 Å². The lowest BCUT2D eigenvalue weighted by molar-refractivity contribution is 0.168. The zero-order chi connectivity index (χ0) is 15.5. The van der Waals surface area contributed by atoms with Crippen molar-refractivity contribution in [2.45, 2.75) is 19.3 Å². The molecule has 8 heteroatoms. The van der Waals surface area contributed by atoms with Gasteiger partial charge in [-0.15, -0.1) is 0 Å². The van der Waals surface area contributed by atoms with Crippen molar-refractivity contribution in [2.75, 3.05) is 25.1 Å². The molecule has 1 saturated heterocycles. The molecule has 0 amide bonds. The minimum Gasteiger partial charge on any atom is -0.292 e. The summed E-state index contributed by atoms with van der Waals surface area (Å²) in [5.74, 6) is 1.37. The highest BCUT2D eigenvalue weighted by atomic mass is 127. The molecule has 0 saturated carbocycles. The number of halogens is 1. The second kappa shape index (κ2) is 7.02. The summed E-state index contributed by atoms with van der Waals surface area (Å²) >= 11 is 2.25. The van der Waals surface area contributed by atoms with Crippen molar-refractivity contribution in [1.29, 1.82) is 5.26 Å². The molecule has 1 fully saturated rings. The molecule has 2 aromatic rings. The van der Waals surface area contributed by atoms with E-state index in [-0.39, 0.29) is 0 Å². The second-order valence-corrected chi connectivity index (χ2v) is 7.16. The van der Waals surface area contributed by atoms with Gasteiger partial charge in [0.25, 0.3) is 0 Å². The van der Waals surface area contributed by atoms with Crippen molar-refractivity contribution in [3.63, 3.8) is 0 Å². The second-order valence-electron chi connectivity index (χ2n) is 5.45. The molecule has 0 aromatic carbocycles. The summed E-state index contributed by atoms with van der Waals surface area (Å²) in [5, 5.41) is 14.4. The fourth-order valence-electron chi connectivity index (χ4n) is 2.97. The van der Waals surface area contributed by atoms with Crippen molar-refractivity contribution in [3.05, 3.63) is 18.6 Å². The number of fused-ring (bicyclic) bond motifs is 1. The first kappa shape index (κ1) is 15.8. The van der Waals surface area contributed by atoms with Gasteiger partial charge in [-0.1, -0.05) is 0 Å². The van der Waals surface area contributed by atoms with E-state index in [4.69, 9.17) is 5.26 Å². The molecule has 1 unspecified atom stereocenters. The van der Waals surface area contributed by atoms with Gasteiger partial charge in [-0.05, 0) is 24.8 Å². The first-order chi connectivity index (χ1) is 10.7. The van der Waals surface area contributed by atoms with Crippen LogP contribution < -0.4 is 5.01 Å². The van der Waals surface area contributed by atoms with E-state index in [9.17, 15) is 0 Å². The van der Waals surface area contributed by atoms with E-state index in [2.05, 4.69) is 53.3 Å². The van der Waals surface area contributed by atoms with E-state index >= 15 is 0 Å². The molecule has 3 heterocycles. The molecule has 116 valence electrons. The van der Waals surface area contributed by atoms with Gasteiger partial charge in [0.1, 0.15) is 6.33 Å². The molecule has 0 spiro atoms. The van der Waals surface area contributed by atoms with E-state index in [0.717, 1.165) is 42.8 Å². The Hall–Kier alpha value is -1.05. The highest BCUT2D eigenvalue weighted by Crippen LogP contribution is 2.30. The third kappa shape index (κ3) is 3.02. The number of hydrazine groups is 1. The average molecular weight is 428 g/mol. The summed E-state index contributed by atoms with van der Waals surface area (Å²) in [6, 6.07) is 4.36. The van der Waals surface area contributed by atoms with Crippen LogP contribution in [0.1, 0.15) is 19.3 Å². The van der Waals surface area contributed by atoms with Crippen molar-refractivity contribution >= 4 is 47.2 Å². The Bertz CT molecular complexity index is 696. The largest absolute Gasteiger partial charge is 0.292 e. The molecule has 3 rings (SSSR count). The summed E-state index contributed by atoms with van der Waals surface area (Å²) in [5.41, 5.74) is 0.932. The van der Waals surface area contributed by atoms with E-state index in [1.54, 1.807) is 15.4 Å². The summed E-state index contributed by atoms with van der Waals surface area (Å²) < 4.78 is 2.03. The quantitative estimate of drug-likeness (QED) is 0.697. The highest BCUT2D eigenvalue weighted by molar-refractivity contribution is 14.2. The maximum atomic E-state index is 8.92. The van der Waals surface area contributed by atoms with Crippen molar-refractivity contribution in [1.82, 2.24) is 18.9 Å². The standard InChI is InChI=1S/C14H17IN6S/c1-19(20-7-2-3-11(9-20)4-6-16)13-12-5-8-21(22-15)14(12)18-10-17-13/h5,8,10-11H,2-4,7,9H2,1H3. The number of hydrogen-bond donors (Lipinski definition) is 0. The van der Waals surface area contributed by atoms with Crippen LogP contribution in [0, 0.1) is 17.2 Å². The van der Waals surface area contributed by atoms with Crippen LogP contribution in [0.25, 0.3) is 11.0 Å². The van der Waals surface area contributed by atoms with Crippen LogP contribution in [0.4, 0.5) is 5.82 Å². The molecule has 1 atom stereocenters. The lowest BCUT2D eigenvalue weighted by Gasteiger charge is -2.38. The van der Waals surface area contributed by atoms with Crippen LogP contribution in [0.2, 0.25) is 0 Å². The topological polar surface area (TPSA) is 61.0 Å². The molecule has 1 aliphatic heterocycles. The Morgan fingerprint density at radius 2 is 2.41 bits per heavy atom. The van der Waals surface area contributed by atoms with Crippen molar-refractivity contribution in [3.8, 4) is 6.07 Å². The number of hydrogen-bond acceptors (Lipinski definition) is 6. The molecule has 6 nitrogen and oxygen atoms in total. The zero-order valence-electron chi connectivity index (χ0n) is 12.3. The van der Waals surface area contributed by atoms with Crippen LogP contribution in [-0.2, 0) is 0 Å². The van der Waals surface area contributed by atoms with Crippen LogP contribution in [0.15, 0.2) is 18.6 Å². The smallest absolute Gasteiger partial charge is 0.156 e. The molecule has 1 aliphatic rings. The van der Waals surface area contributed by atoms with Gasteiger partial charge in [0, 0.05) is 63.1 Å². The summed E-state index contributed by atoms with van der Waals surface area (Å²) in [6.45, 7) is 1.92. The van der Waals surface area contributed by atoms with Gasteiger partial charge < -0.3 is 0 Å². The first-order valence-electron chi connectivity index (χ1n) is 7.21. The number of nitriles is 1. The molecule has 0 bridgehead atoms. The van der Waals surface area contributed by atoms with Gasteiger partial charge in [-0.2, -0.15) is 5.26 Å². The van der Waals surface area contributed by atoms with Crippen molar-refractivity contribution in [2.24, 2.45) is 5.92 Å². The maximum Gasteiger partial charge on any atom is 0.156 e.